The van der Waals surface area contributed by atoms with Gasteiger partial charge in [0.05, 0.1) is 6.61 Å². The van der Waals surface area contributed by atoms with Gasteiger partial charge in [0, 0.05) is 49.7 Å². The third-order valence-electron chi connectivity index (χ3n) is 4.26. The third kappa shape index (κ3) is 3.21. The number of hydrogen-bond donors (Lipinski definition) is 1. The fraction of sp³-hybridized carbons (Fsp3) is 0.562. The van der Waals surface area contributed by atoms with E-state index in [9.17, 15) is 9.90 Å². The zero-order valence-corrected chi connectivity index (χ0v) is 13.5. The number of nitrogens with zero attached hydrogens (tertiary/aromatic N) is 2. The van der Waals surface area contributed by atoms with Crippen molar-refractivity contribution in [3.8, 4) is 5.75 Å². The van der Waals surface area contributed by atoms with Crippen molar-refractivity contribution in [2.75, 3.05) is 32.8 Å². The molecule has 0 radical (unpaired) electrons. The molecule has 2 heterocycles. The minimum atomic E-state index is -0.920. The average Bonchev–Trinajstić information content (AvgIpc) is 2.95. The number of benzene rings is 1. The fourth-order valence-corrected chi connectivity index (χ4v) is 3.36. The first-order chi connectivity index (χ1) is 10.5. The molecule has 1 aromatic rings. The van der Waals surface area contributed by atoms with Gasteiger partial charge >= 0.3 is 0 Å². The van der Waals surface area contributed by atoms with E-state index in [4.69, 9.17) is 16.3 Å². The van der Waals surface area contributed by atoms with E-state index in [1.54, 1.807) is 4.90 Å². The van der Waals surface area contributed by atoms with Crippen LogP contribution in [0.5, 0.6) is 5.75 Å². The molecule has 1 aromatic carbocycles. The molecule has 3 rings (SSSR count). The lowest BCUT2D eigenvalue weighted by molar-refractivity contribution is -0.141. The smallest absolute Gasteiger partial charge is 0.251 e. The first-order valence-electron chi connectivity index (χ1n) is 7.68. The van der Waals surface area contributed by atoms with Crippen LogP contribution < -0.4 is 4.74 Å². The molecular weight excluding hydrogens is 304 g/mol. The van der Waals surface area contributed by atoms with Crippen LogP contribution in [0.15, 0.2) is 12.1 Å². The van der Waals surface area contributed by atoms with Crippen LogP contribution in [0, 0.1) is 0 Å². The SMILES string of the molecule is C[C@@H](O)C(=O)N1CCN(Cc2cc(Cl)cc3c2OCC3)CC1. The largest absolute Gasteiger partial charge is 0.493 e. The normalized spacial score (nSPS) is 19.7. The molecule has 0 aliphatic carbocycles. The maximum absolute atomic E-state index is 11.8. The van der Waals surface area contributed by atoms with E-state index >= 15 is 0 Å². The van der Waals surface area contributed by atoms with Crippen molar-refractivity contribution >= 4 is 17.5 Å². The molecular formula is C16H21ClN2O3. The first kappa shape index (κ1) is 15.6. The Morgan fingerprint density at radius 3 is 2.77 bits per heavy atom. The number of halogens is 1. The van der Waals surface area contributed by atoms with E-state index in [1.165, 1.54) is 12.5 Å². The monoisotopic (exact) mass is 324 g/mol. The predicted molar refractivity (Wildman–Crippen MR) is 84.2 cm³/mol. The van der Waals surface area contributed by atoms with Gasteiger partial charge in [-0.1, -0.05) is 11.6 Å². The Bertz CT molecular complexity index is 569. The average molecular weight is 325 g/mol. The zero-order chi connectivity index (χ0) is 15.7. The molecule has 0 unspecified atom stereocenters. The number of carbonyl (C=O) groups is 1. The van der Waals surface area contributed by atoms with Gasteiger partial charge in [0.2, 0.25) is 0 Å². The summed E-state index contributed by atoms with van der Waals surface area (Å²) < 4.78 is 5.73. The summed E-state index contributed by atoms with van der Waals surface area (Å²) in [4.78, 5) is 15.8. The number of fused-ring (bicyclic) bond motifs is 1. The van der Waals surface area contributed by atoms with E-state index in [0.29, 0.717) is 13.1 Å². The number of hydrogen-bond acceptors (Lipinski definition) is 4. The Hall–Kier alpha value is -1.30. The zero-order valence-electron chi connectivity index (χ0n) is 12.7. The van der Waals surface area contributed by atoms with Crippen molar-refractivity contribution in [3.05, 3.63) is 28.3 Å². The van der Waals surface area contributed by atoms with Gasteiger partial charge in [-0.2, -0.15) is 0 Å². The summed E-state index contributed by atoms with van der Waals surface area (Å²) in [6.45, 7) is 5.89. The Kier molecular flexibility index (Phi) is 4.57. The molecule has 0 aromatic heterocycles. The van der Waals surface area contributed by atoms with E-state index in [0.717, 1.165) is 49.0 Å². The minimum absolute atomic E-state index is 0.188. The molecule has 1 amide bonds. The molecule has 0 saturated carbocycles. The van der Waals surface area contributed by atoms with Crippen molar-refractivity contribution < 1.29 is 14.6 Å². The van der Waals surface area contributed by atoms with Gasteiger partial charge in [-0.05, 0) is 24.6 Å². The lowest BCUT2D eigenvalue weighted by atomic mass is 10.1. The second-order valence-electron chi connectivity index (χ2n) is 5.93. The number of piperazine rings is 1. The number of rotatable bonds is 3. The van der Waals surface area contributed by atoms with Crippen LogP contribution in [0.1, 0.15) is 18.1 Å². The van der Waals surface area contributed by atoms with Crippen molar-refractivity contribution in [1.29, 1.82) is 0 Å². The summed E-state index contributed by atoms with van der Waals surface area (Å²) in [6, 6.07) is 3.95. The van der Waals surface area contributed by atoms with Gasteiger partial charge in [-0.15, -0.1) is 0 Å². The first-order valence-corrected chi connectivity index (χ1v) is 8.05. The Morgan fingerprint density at radius 2 is 2.09 bits per heavy atom. The lowest BCUT2D eigenvalue weighted by Crippen LogP contribution is -2.50. The number of aliphatic hydroxyl groups is 1. The highest BCUT2D eigenvalue weighted by atomic mass is 35.5. The lowest BCUT2D eigenvalue weighted by Gasteiger charge is -2.35. The van der Waals surface area contributed by atoms with Gasteiger partial charge in [-0.3, -0.25) is 9.69 Å². The highest BCUT2D eigenvalue weighted by molar-refractivity contribution is 6.30. The van der Waals surface area contributed by atoms with Crippen LogP contribution in [0.25, 0.3) is 0 Å². The summed E-state index contributed by atoms with van der Waals surface area (Å²) in [5.74, 6) is 0.790. The number of amides is 1. The Morgan fingerprint density at radius 1 is 1.36 bits per heavy atom. The molecule has 2 aliphatic heterocycles. The van der Waals surface area contributed by atoms with Crippen LogP contribution in [-0.2, 0) is 17.8 Å². The van der Waals surface area contributed by atoms with Crippen LogP contribution in [0.4, 0.5) is 0 Å². The highest BCUT2D eigenvalue weighted by Gasteiger charge is 2.25. The maximum Gasteiger partial charge on any atom is 0.251 e. The van der Waals surface area contributed by atoms with Crippen LogP contribution in [0.3, 0.4) is 0 Å². The Balaban J connectivity index is 1.63. The van der Waals surface area contributed by atoms with Gasteiger partial charge < -0.3 is 14.7 Å². The summed E-state index contributed by atoms with van der Waals surface area (Å²) in [6.07, 6.45) is -0.00400. The fourth-order valence-electron chi connectivity index (χ4n) is 3.09. The van der Waals surface area contributed by atoms with Gasteiger partial charge in [0.15, 0.2) is 0 Å². The summed E-state index contributed by atoms with van der Waals surface area (Å²) in [5, 5.41) is 10.1. The summed E-state index contributed by atoms with van der Waals surface area (Å²) in [7, 11) is 0. The summed E-state index contributed by atoms with van der Waals surface area (Å²) >= 11 is 6.19. The van der Waals surface area contributed by atoms with E-state index in [1.807, 2.05) is 12.1 Å². The Labute approximate surface area is 135 Å². The van der Waals surface area contributed by atoms with Crippen molar-refractivity contribution in [2.45, 2.75) is 26.0 Å². The predicted octanol–water partition coefficient (Wildman–Crippen LogP) is 1.30. The second-order valence-corrected chi connectivity index (χ2v) is 6.37. The minimum Gasteiger partial charge on any atom is -0.493 e. The molecule has 5 nitrogen and oxygen atoms in total. The molecule has 0 spiro atoms. The summed E-state index contributed by atoms with van der Waals surface area (Å²) in [5.41, 5.74) is 2.31. The molecule has 0 bridgehead atoms. The topological polar surface area (TPSA) is 53.0 Å². The van der Waals surface area contributed by atoms with Crippen LogP contribution >= 0.6 is 11.6 Å². The quantitative estimate of drug-likeness (QED) is 0.910. The number of aliphatic hydroxyl groups excluding tert-OH is 1. The second kappa shape index (κ2) is 6.44. The van der Waals surface area contributed by atoms with Crippen LogP contribution in [0.2, 0.25) is 5.02 Å². The molecule has 1 atom stereocenters. The molecule has 2 aliphatic rings. The van der Waals surface area contributed by atoms with E-state index < -0.39 is 6.10 Å². The molecule has 1 fully saturated rings. The van der Waals surface area contributed by atoms with Gasteiger partial charge in [0.25, 0.3) is 5.91 Å². The van der Waals surface area contributed by atoms with Gasteiger partial charge in [0.1, 0.15) is 11.9 Å². The maximum atomic E-state index is 11.8. The third-order valence-corrected chi connectivity index (χ3v) is 4.48. The van der Waals surface area contributed by atoms with E-state index in [2.05, 4.69) is 4.90 Å². The molecule has 1 N–H and O–H groups in total. The molecule has 22 heavy (non-hydrogen) atoms. The van der Waals surface area contributed by atoms with Crippen LogP contribution in [-0.4, -0.2) is 59.7 Å². The van der Waals surface area contributed by atoms with Crippen molar-refractivity contribution in [1.82, 2.24) is 9.80 Å². The van der Waals surface area contributed by atoms with Crippen molar-refractivity contribution in [3.63, 3.8) is 0 Å². The molecule has 1 saturated heterocycles. The van der Waals surface area contributed by atoms with Crippen molar-refractivity contribution in [2.24, 2.45) is 0 Å². The highest BCUT2D eigenvalue weighted by Crippen LogP contribution is 2.33. The van der Waals surface area contributed by atoms with Gasteiger partial charge in [-0.25, -0.2) is 0 Å². The van der Waals surface area contributed by atoms with E-state index in [-0.39, 0.29) is 5.91 Å². The molecule has 6 heteroatoms. The number of ether oxygens (including phenoxy) is 1. The molecule has 120 valence electrons. The standard InChI is InChI=1S/C16H21ClN2O3/c1-11(20)16(21)19-5-3-18(4-6-19)10-13-9-14(17)8-12-2-7-22-15(12)13/h8-9,11,20H,2-7,10H2,1H3/t11-/m1/s1. The number of carbonyl (C=O) groups excluding carboxylic acids is 1.